The second-order valence-corrected chi connectivity index (χ2v) is 7.76. The minimum absolute atomic E-state index is 0.238. The van der Waals surface area contributed by atoms with Crippen LogP contribution < -0.4 is 5.32 Å². The van der Waals surface area contributed by atoms with Gasteiger partial charge in [-0.15, -0.1) is 0 Å². The van der Waals surface area contributed by atoms with Crippen molar-refractivity contribution in [1.29, 1.82) is 0 Å². The highest BCUT2D eigenvalue weighted by molar-refractivity contribution is 7.91. The third kappa shape index (κ3) is 3.93. The van der Waals surface area contributed by atoms with Crippen LogP contribution in [0.3, 0.4) is 0 Å². The highest BCUT2D eigenvalue weighted by atomic mass is 32.2. The molecular weight excluding hydrogens is 290 g/mol. The highest BCUT2D eigenvalue weighted by Gasteiger charge is 2.38. The molecule has 0 saturated heterocycles. The maximum atomic E-state index is 12.2. The van der Waals surface area contributed by atoms with E-state index in [0.29, 0.717) is 13.0 Å². The smallest absolute Gasteiger partial charge is 0.317 e. The van der Waals surface area contributed by atoms with Crippen molar-refractivity contribution in [3.05, 3.63) is 30.1 Å². The average Bonchev–Trinajstić information content (AvgIpc) is 2.94. The zero-order valence-electron chi connectivity index (χ0n) is 12.3. The number of sulfone groups is 1. The van der Waals surface area contributed by atoms with Crippen LogP contribution in [0.2, 0.25) is 0 Å². The molecule has 0 aliphatic heterocycles. The number of nitrogens with zero attached hydrogens (tertiary/aromatic N) is 2. The topological polar surface area (TPSA) is 79.4 Å². The summed E-state index contributed by atoms with van der Waals surface area (Å²) in [5, 5.41) is 2.36. The van der Waals surface area contributed by atoms with Crippen LogP contribution in [0.5, 0.6) is 0 Å². The predicted molar refractivity (Wildman–Crippen MR) is 80.5 cm³/mol. The number of hydrogen-bond acceptors (Lipinski definition) is 4. The molecule has 1 aliphatic rings. The minimum Gasteiger partial charge on any atom is -0.334 e. The van der Waals surface area contributed by atoms with Crippen LogP contribution >= 0.6 is 0 Å². The molecular formula is C14H21N3O3S. The van der Waals surface area contributed by atoms with Crippen LogP contribution in [0.4, 0.5) is 4.79 Å². The first-order chi connectivity index (χ1) is 9.89. The molecule has 21 heavy (non-hydrogen) atoms. The van der Waals surface area contributed by atoms with E-state index in [1.807, 2.05) is 12.1 Å². The fourth-order valence-corrected chi connectivity index (χ4v) is 4.29. The van der Waals surface area contributed by atoms with Crippen molar-refractivity contribution < 1.29 is 13.2 Å². The lowest BCUT2D eigenvalue weighted by Crippen LogP contribution is -2.48. The molecule has 1 aromatic heterocycles. The summed E-state index contributed by atoms with van der Waals surface area (Å²) >= 11 is 0. The molecule has 0 spiro atoms. The van der Waals surface area contributed by atoms with Gasteiger partial charge in [0.2, 0.25) is 0 Å². The van der Waals surface area contributed by atoms with Crippen LogP contribution in [0.25, 0.3) is 0 Å². The molecule has 2 atom stereocenters. The lowest BCUT2D eigenvalue weighted by Gasteiger charge is -2.29. The van der Waals surface area contributed by atoms with Crippen molar-refractivity contribution in [3.63, 3.8) is 0 Å². The molecule has 116 valence electrons. The summed E-state index contributed by atoms with van der Waals surface area (Å²) in [5.41, 5.74) is 0.956. The third-order valence-corrected chi connectivity index (χ3v) is 5.63. The van der Waals surface area contributed by atoms with Gasteiger partial charge in [-0.1, -0.05) is 0 Å². The first-order valence-electron chi connectivity index (χ1n) is 6.98. The van der Waals surface area contributed by atoms with E-state index in [0.717, 1.165) is 18.4 Å². The molecule has 2 rings (SSSR count). The van der Waals surface area contributed by atoms with Crippen LogP contribution in [0.1, 0.15) is 24.8 Å². The van der Waals surface area contributed by atoms with E-state index in [1.165, 1.54) is 11.2 Å². The monoisotopic (exact) mass is 311 g/mol. The summed E-state index contributed by atoms with van der Waals surface area (Å²) in [6.45, 7) is 0.405. The van der Waals surface area contributed by atoms with E-state index in [4.69, 9.17) is 0 Å². The Labute approximate surface area is 125 Å². The van der Waals surface area contributed by atoms with Gasteiger partial charge >= 0.3 is 6.03 Å². The molecule has 6 nitrogen and oxygen atoms in total. The number of aromatic nitrogens is 1. The first-order valence-corrected chi connectivity index (χ1v) is 8.93. The Kier molecular flexibility index (Phi) is 4.82. The molecule has 1 aromatic rings. The van der Waals surface area contributed by atoms with Gasteiger partial charge in [0.05, 0.1) is 5.25 Å². The quantitative estimate of drug-likeness (QED) is 0.906. The summed E-state index contributed by atoms with van der Waals surface area (Å²) < 4.78 is 23.6. The van der Waals surface area contributed by atoms with Gasteiger partial charge in [-0.3, -0.25) is 4.98 Å². The van der Waals surface area contributed by atoms with Gasteiger partial charge in [-0.05, 0) is 37.0 Å². The molecule has 0 radical (unpaired) electrons. The lowest BCUT2D eigenvalue weighted by molar-refractivity contribution is 0.191. The average molecular weight is 311 g/mol. The number of urea groups is 1. The van der Waals surface area contributed by atoms with Crippen LogP contribution in [0, 0.1) is 0 Å². The molecule has 0 unspecified atom stereocenters. The van der Waals surface area contributed by atoms with E-state index in [1.54, 1.807) is 19.4 Å². The van der Waals surface area contributed by atoms with Crippen LogP contribution in [-0.2, 0) is 16.4 Å². The molecule has 0 bridgehead atoms. The largest absolute Gasteiger partial charge is 0.334 e. The fourth-order valence-electron chi connectivity index (χ4n) is 2.80. The molecule has 1 N–H and O–H groups in total. The third-order valence-electron chi connectivity index (χ3n) is 3.98. The zero-order valence-corrected chi connectivity index (χ0v) is 13.1. The Morgan fingerprint density at radius 2 is 2.05 bits per heavy atom. The molecule has 7 heteroatoms. The van der Waals surface area contributed by atoms with Gasteiger partial charge in [-0.25, -0.2) is 13.2 Å². The van der Waals surface area contributed by atoms with Crippen molar-refractivity contribution in [2.45, 2.75) is 37.1 Å². The SMILES string of the molecule is CN(C(=O)NCc1ccncc1)[C@H]1CCC[C@H]1S(C)(=O)=O. The summed E-state index contributed by atoms with van der Waals surface area (Å²) in [6.07, 6.45) is 6.79. The summed E-state index contributed by atoms with van der Waals surface area (Å²) in [5.74, 6) is 0. The zero-order chi connectivity index (χ0) is 15.5. The van der Waals surface area contributed by atoms with Gasteiger partial charge in [-0.2, -0.15) is 0 Å². The van der Waals surface area contributed by atoms with Crippen molar-refractivity contribution in [1.82, 2.24) is 15.2 Å². The summed E-state index contributed by atoms with van der Waals surface area (Å²) in [4.78, 5) is 17.6. The Balaban J connectivity index is 1.96. The van der Waals surface area contributed by atoms with Crippen molar-refractivity contribution >= 4 is 15.9 Å². The van der Waals surface area contributed by atoms with E-state index < -0.39 is 15.1 Å². The van der Waals surface area contributed by atoms with Crippen molar-refractivity contribution in [2.75, 3.05) is 13.3 Å². The van der Waals surface area contributed by atoms with Gasteiger partial charge in [0, 0.05) is 38.3 Å². The number of carbonyl (C=O) groups is 1. The Bertz CT molecular complexity index is 589. The van der Waals surface area contributed by atoms with E-state index >= 15 is 0 Å². The fraction of sp³-hybridized carbons (Fsp3) is 0.571. The number of carbonyl (C=O) groups excluding carboxylic acids is 1. The Morgan fingerprint density at radius 1 is 1.38 bits per heavy atom. The molecule has 1 saturated carbocycles. The molecule has 2 amide bonds. The molecule has 1 fully saturated rings. The van der Waals surface area contributed by atoms with Gasteiger partial charge in [0.15, 0.2) is 9.84 Å². The first kappa shape index (κ1) is 15.8. The number of nitrogens with one attached hydrogen (secondary N) is 1. The van der Waals surface area contributed by atoms with E-state index in [2.05, 4.69) is 10.3 Å². The van der Waals surface area contributed by atoms with E-state index in [9.17, 15) is 13.2 Å². The normalized spacial score (nSPS) is 22.0. The number of hydrogen-bond donors (Lipinski definition) is 1. The summed E-state index contributed by atoms with van der Waals surface area (Å²) in [7, 11) is -1.46. The Morgan fingerprint density at radius 3 is 2.67 bits per heavy atom. The lowest BCUT2D eigenvalue weighted by atomic mass is 10.2. The number of amides is 2. The second kappa shape index (κ2) is 6.43. The summed E-state index contributed by atoms with van der Waals surface area (Å²) in [6, 6.07) is 3.18. The maximum Gasteiger partial charge on any atom is 0.317 e. The Hall–Kier alpha value is -1.63. The van der Waals surface area contributed by atoms with Gasteiger partial charge in [0.1, 0.15) is 0 Å². The second-order valence-electron chi connectivity index (χ2n) is 5.49. The minimum atomic E-state index is -3.13. The van der Waals surface area contributed by atoms with Crippen molar-refractivity contribution in [2.24, 2.45) is 0 Å². The maximum absolute atomic E-state index is 12.2. The van der Waals surface area contributed by atoms with Crippen LogP contribution in [0.15, 0.2) is 24.5 Å². The molecule has 0 aromatic carbocycles. The number of rotatable bonds is 4. The van der Waals surface area contributed by atoms with Gasteiger partial charge < -0.3 is 10.2 Å². The van der Waals surface area contributed by atoms with Crippen molar-refractivity contribution in [3.8, 4) is 0 Å². The highest BCUT2D eigenvalue weighted by Crippen LogP contribution is 2.28. The van der Waals surface area contributed by atoms with Gasteiger partial charge in [0.25, 0.3) is 0 Å². The predicted octanol–water partition coefficient (Wildman–Crippen LogP) is 1.19. The standard InChI is InChI=1S/C14H21N3O3S/c1-17(12-4-3-5-13(12)21(2,19)20)14(18)16-10-11-6-8-15-9-7-11/h6-9,12-13H,3-5,10H2,1-2H3,(H,16,18)/t12-,13+/m0/s1. The molecule has 1 aliphatic carbocycles. The van der Waals surface area contributed by atoms with Crippen LogP contribution in [-0.4, -0.2) is 48.9 Å². The van der Waals surface area contributed by atoms with E-state index in [-0.39, 0.29) is 12.1 Å². The molecule has 1 heterocycles. The number of pyridine rings is 1.